The van der Waals surface area contributed by atoms with Gasteiger partial charge in [0.15, 0.2) is 5.78 Å². The molecule has 1 N–H and O–H groups in total. The Bertz CT molecular complexity index is 1430. The molecule has 0 spiro atoms. The quantitative estimate of drug-likeness (QED) is 0.0284. The molecule has 2 atom stereocenters. The summed E-state index contributed by atoms with van der Waals surface area (Å²) in [4.78, 5) is 44.2. The van der Waals surface area contributed by atoms with E-state index in [-0.39, 0.29) is 25.2 Å². The molecule has 0 aromatic carbocycles. The van der Waals surface area contributed by atoms with Crippen molar-refractivity contribution in [3.8, 4) is 0 Å². The molecule has 6 heteroatoms. The van der Waals surface area contributed by atoms with Gasteiger partial charge in [-0.05, 0) is 136 Å². The summed E-state index contributed by atoms with van der Waals surface area (Å²) in [5, 5.41) is 12.3. The van der Waals surface area contributed by atoms with E-state index in [1.807, 2.05) is 19.0 Å². The Morgan fingerprint density at radius 2 is 0.815 bits per heavy atom. The van der Waals surface area contributed by atoms with Crippen molar-refractivity contribution in [2.45, 2.75) is 213 Å². The third kappa shape index (κ3) is 37.2. The third-order valence-corrected chi connectivity index (χ3v) is 11.4. The molecule has 0 fully saturated rings. The summed E-state index contributed by atoms with van der Waals surface area (Å²) in [6.07, 6.45) is 64.6. The van der Waals surface area contributed by atoms with Crippen molar-refractivity contribution in [1.29, 1.82) is 0 Å². The topological polar surface area (TPSA) is 83.9 Å². The number of aliphatic hydroxyl groups is 1. The summed E-state index contributed by atoms with van der Waals surface area (Å²) in [5.41, 5.74) is -2.47. The number of ketones is 2. The molecule has 368 valence electrons. The summed E-state index contributed by atoms with van der Waals surface area (Å²) in [6.45, 7) is 7.23. The van der Waals surface area contributed by atoms with Crippen LogP contribution in [-0.4, -0.2) is 60.4 Å². The Balaban J connectivity index is 5.50. The molecule has 0 bridgehead atoms. The number of carbonyl (C=O) groups excluding carboxylic acids is 3. The molecule has 0 rings (SSSR count). The molecule has 0 radical (unpaired) electrons. The summed E-state index contributed by atoms with van der Waals surface area (Å²) in [5.74, 6) is -2.80. The number of hydrogen-bond acceptors (Lipinski definition) is 6. The fraction of sp³-hybridized carbons (Fsp3) is 0.644. The minimum absolute atomic E-state index is 0.0575. The van der Waals surface area contributed by atoms with Gasteiger partial charge in [-0.1, -0.05) is 182 Å². The van der Waals surface area contributed by atoms with Crippen LogP contribution in [0.1, 0.15) is 207 Å². The largest absolute Gasteiger partial charge is 0.463 e. The molecular formula is C59H97NO5. The fourth-order valence-corrected chi connectivity index (χ4v) is 7.51. The average molecular weight is 900 g/mol. The summed E-state index contributed by atoms with van der Waals surface area (Å²) < 4.78 is 5.66. The Morgan fingerprint density at radius 1 is 0.462 bits per heavy atom. The summed E-state index contributed by atoms with van der Waals surface area (Å²) in [6, 6.07) is 0. The number of nitrogens with zero attached hydrogens (tertiary/aromatic N) is 1. The lowest BCUT2D eigenvalue weighted by Gasteiger charge is -2.32. The van der Waals surface area contributed by atoms with E-state index in [0.717, 1.165) is 141 Å². The second-order valence-corrected chi connectivity index (χ2v) is 17.6. The molecule has 0 aromatic heterocycles. The van der Waals surface area contributed by atoms with Gasteiger partial charge in [0.25, 0.3) is 0 Å². The van der Waals surface area contributed by atoms with E-state index in [9.17, 15) is 19.5 Å². The fourth-order valence-electron chi connectivity index (χ4n) is 7.51. The predicted molar refractivity (Wildman–Crippen MR) is 281 cm³/mol. The Kier molecular flexibility index (Phi) is 44.3. The van der Waals surface area contributed by atoms with Crippen molar-refractivity contribution >= 4 is 17.5 Å². The van der Waals surface area contributed by atoms with Gasteiger partial charge in [-0.15, -0.1) is 0 Å². The molecule has 0 aliphatic heterocycles. The first kappa shape index (κ1) is 61.4. The molecule has 65 heavy (non-hydrogen) atoms. The lowest BCUT2D eigenvalue weighted by Crippen LogP contribution is -2.56. The zero-order valence-corrected chi connectivity index (χ0v) is 42.4. The van der Waals surface area contributed by atoms with Crippen LogP contribution in [0.2, 0.25) is 0 Å². The number of unbranched alkanes of at least 4 members (excludes halogenated alkanes) is 13. The number of ether oxygens (including phenoxy) is 1. The Labute approximate surface area is 400 Å². The monoisotopic (exact) mass is 900 g/mol. The summed E-state index contributed by atoms with van der Waals surface area (Å²) >= 11 is 0. The minimum Gasteiger partial charge on any atom is -0.463 e. The predicted octanol–water partition coefficient (Wildman–Crippen LogP) is 16.0. The average Bonchev–Trinajstić information content (AvgIpc) is 3.29. The van der Waals surface area contributed by atoms with Gasteiger partial charge in [-0.3, -0.25) is 9.59 Å². The van der Waals surface area contributed by atoms with Gasteiger partial charge in [-0.25, -0.2) is 4.79 Å². The number of allylic oxidation sites excluding steroid dienone is 18. The lowest BCUT2D eigenvalue weighted by molar-refractivity contribution is -0.180. The Hall–Kier alpha value is -3.61. The normalized spacial score (nSPS) is 14.2. The van der Waals surface area contributed by atoms with E-state index in [0.29, 0.717) is 38.6 Å². The highest BCUT2D eigenvalue weighted by molar-refractivity contribution is 6.11. The van der Waals surface area contributed by atoms with E-state index in [4.69, 9.17) is 4.74 Å². The van der Waals surface area contributed by atoms with Crippen molar-refractivity contribution in [2.24, 2.45) is 5.92 Å². The van der Waals surface area contributed by atoms with Crippen LogP contribution < -0.4 is 0 Å². The van der Waals surface area contributed by atoms with Crippen LogP contribution in [-0.2, 0) is 19.1 Å². The highest BCUT2D eigenvalue weighted by Crippen LogP contribution is 2.31. The van der Waals surface area contributed by atoms with Gasteiger partial charge < -0.3 is 14.7 Å². The van der Waals surface area contributed by atoms with E-state index < -0.39 is 23.3 Å². The standard InChI is InChI=1S/C59H97NO5/c1-6-9-12-15-18-21-24-27-29-32-35-38-41-44-47-51-56(61)55(50-46-43-40-37-34-31-26-23-20-17-14-11-8-3)59(64,58(63)65-54-49-53-60(4)5)57(62)52-48-45-42-39-36-33-30-28-25-22-19-16-13-10-7-2/h9-14,18-23,27-31,34,55,64H,6-8,15-17,24-26,32-33,35-54H2,1-5H3/b12-9-,13-10-,14-11-,21-18-,22-19-,23-20-,29-27-,30-28-,34-31-. The molecule has 0 amide bonds. The van der Waals surface area contributed by atoms with E-state index in [2.05, 4.69) is 130 Å². The van der Waals surface area contributed by atoms with Crippen molar-refractivity contribution in [1.82, 2.24) is 4.90 Å². The van der Waals surface area contributed by atoms with Crippen molar-refractivity contribution in [3.05, 3.63) is 109 Å². The van der Waals surface area contributed by atoms with E-state index >= 15 is 0 Å². The number of esters is 1. The van der Waals surface area contributed by atoms with E-state index in [1.54, 1.807) is 0 Å². The van der Waals surface area contributed by atoms with Gasteiger partial charge in [0.1, 0.15) is 5.78 Å². The van der Waals surface area contributed by atoms with Crippen LogP contribution in [0, 0.1) is 5.92 Å². The number of Topliss-reactive ketones (excluding diaryl/α,β-unsaturated/α-hetero) is 2. The van der Waals surface area contributed by atoms with Crippen LogP contribution >= 0.6 is 0 Å². The van der Waals surface area contributed by atoms with Gasteiger partial charge in [-0.2, -0.15) is 0 Å². The van der Waals surface area contributed by atoms with Crippen LogP contribution in [0.5, 0.6) is 0 Å². The molecule has 0 saturated carbocycles. The number of rotatable bonds is 45. The van der Waals surface area contributed by atoms with Gasteiger partial charge >= 0.3 is 5.97 Å². The molecule has 0 aromatic rings. The molecule has 6 nitrogen and oxygen atoms in total. The van der Waals surface area contributed by atoms with Gasteiger partial charge in [0.05, 0.1) is 12.5 Å². The van der Waals surface area contributed by atoms with Gasteiger partial charge in [0, 0.05) is 19.4 Å². The molecule has 0 heterocycles. The highest BCUT2D eigenvalue weighted by Gasteiger charge is 2.53. The SMILES string of the molecule is CC/C=C\C/C=C\C/C=C\CCCCCCCC(=O)C(CCCCC/C=C\C/C=C\C/C=C\CC)C(O)(C(=O)CCCCCCC/C=C\C/C=C\C/C=C\CC)C(=O)OCCCN(C)C. The van der Waals surface area contributed by atoms with Crippen molar-refractivity contribution in [2.75, 3.05) is 27.2 Å². The van der Waals surface area contributed by atoms with Crippen LogP contribution in [0.15, 0.2) is 109 Å². The number of hydrogen-bond donors (Lipinski definition) is 1. The second-order valence-electron chi connectivity index (χ2n) is 17.6. The minimum atomic E-state index is -2.47. The van der Waals surface area contributed by atoms with Gasteiger partial charge in [0.2, 0.25) is 5.60 Å². The maximum atomic E-state index is 14.1. The van der Waals surface area contributed by atoms with Crippen molar-refractivity contribution in [3.63, 3.8) is 0 Å². The first-order valence-corrected chi connectivity index (χ1v) is 26.2. The zero-order chi connectivity index (χ0) is 47.7. The maximum absolute atomic E-state index is 14.1. The molecular weight excluding hydrogens is 803 g/mol. The van der Waals surface area contributed by atoms with Crippen LogP contribution in [0.3, 0.4) is 0 Å². The highest BCUT2D eigenvalue weighted by atomic mass is 16.6. The smallest absolute Gasteiger partial charge is 0.346 e. The molecule has 0 saturated heterocycles. The Morgan fingerprint density at radius 3 is 1.23 bits per heavy atom. The van der Waals surface area contributed by atoms with Crippen molar-refractivity contribution < 1.29 is 24.2 Å². The van der Waals surface area contributed by atoms with E-state index in [1.165, 1.54) is 0 Å². The summed E-state index contributed by atoms with van der Waals surface area (Å²) in [7, 11) is 3.90. The van der Waals surface area contributed by atoms with Crippen LogP contribution in [0.4, 0.5) is 0 Å². The third-order valence-electron chi connectivity index (χ3n) is 11.4. The zero-order valence-electron chi connectivity index (χ0n) is 42.4. The first-order valence-electron chi connectivity index (χ1n) is 26.2. The lowest BCUT2D eigenvalue weighted by atomic mass is 9.75. The molecule has 2 unspecified atom stereocenters. The number of carbonyl (C=O) groups is 3. The maximum Gasteiger partial charge on any atom is 0.346 e. The molecule has 0 aliphatic carbocycles. The second kappa shape index (κ2) is 46.9. The first-order chi connectivity index (χ1) is 31.7. The molecule has 0 aliphatic rings. The van der Waals surface area contributed by atoms with Crippen LogP contribution in [0.25, 0.3) is 0 Å².